The van der Waals surface area contributed by atoms with Crippen LogP contribution in [0.2, 0.25) is 0 Å². The second-order valence-corrected chi connectivity index (χ2v) is 6.38. The number of benzene rings is 1. The smallest absolute Gasteiger partial charge is 0.252 e. The average Bonchev–Trinajstić information content (AvgIpc) is 3.36. The maximum atomic E-state index is 12.0. The van der Waals surface area contributed by atoms with Gasteiger partial charge in [-0.2, -0.15) is 11.3 Å². The molecular formula is C18H19N5O2S. The van der Waals surface area contributed by atoms with Crippen molar-refractivity contribution >= 4 is 23.2 Å². The molecule has 0 bridgehead atoms. The van der Waals surface area contributed by atoms with Crippen molar-refractivity contribution in [3.05, 3.63) is 64.9 Å². The second-order valence-electron chi connectivity index (χ2n) is 5.60. The van der Waals surface area contributed by atoms with E-state index in [-0.39, 0.29) is 11.8 Å². The molecule has 0 aliphatic carbocycles. The summed E-state index contributed by atoms with van der Waals surface area (Å²) in [4.78, 5) is 23.8. The molecule has 8 heteroatoms. The van der Waals surface area contributed by atoms with Crippen LogP contribution in [0.1, 0.15) is 29.0 Å². The standard InChI is InChI=1S/C18H19N5O2S/c24-17(7-4-9-19-18(25)14-8-10-26-12-14)20-11-16-22-21-13-23(16)15-5-2-1-3-6-15/h1-3,5-6,8,10,12-13H,4,7,9,11H2,(H,19,25)(H,20,24). The molecule has 0 radical (unpaired) electrons. The Hall–Kier alpha value is -3.00. The summed E-state index contributed by atoms with van der Waals surface area (Å²) in [6, 6.07) is 11.5. The van der Waals surface area contributed by atoms with Gasteiger partial charge in [-0.05, 0) is 30.0 Å². The summed E-state index contributed by atoms with van der Waals surface area (Å²) in [5.74, 6) is 0.468. The van der Waals surface area contributed by atoms with Crippen molar-refractivity contribution in [1.29, 1.82) is 0 Å². The molecule has 1 aromatic carbocycles. The van der Waals surface area contributed by atoms with E-state index >= 15 is 0 Å². The van der Waals surface area contributed by atoms with Gasteiger partial charge in [0.1, 0.15) is 6.33 Å². The van der Waals surface area contributed by atoms with Gasteiger partial charge in [0.25, 0.3) is 5.91 Å². The Morgan fingerprint density at radius 1 is 1.12 bits per heavy atom. The Bertz CT molecular complexity index is 846. The van der Waals surface area contributed by atoms with E-state index in [1.807, 2.05) is 40.3 Å². The van der Waals surface area contributed by atoms with E-state index in [0.29, 0.717) is 37.3 Å². The molecule has 2 aromatic heterocycles. The Kier molecular flexibility index (Phi) is 6.10. The molecule has 0 aliphatic heterocycles. The number of carbonyl (C=O) groups is 2. The molecule has 0 aliphatic rings. The van der Waals surface area contributed by atoms with Gasteiger partial charge in [0.15, 0.2) is 5.82 Å². The van der Waals surface area contributed by atoms with E-state index in [2.05, 4.69) is 20.8 Å². The predicted molar refractivity (Wildman–Crippen MR) is 99.1 cm³/mol. The summed E-state index contributed by atoms with van der Waals surface area (Å²) in [6.07, 6.45) is 2.53. The fraction of sp³-hybridized carbons (Fsp3) is 0.222. The minimum absolute atomic E-state index is 0.0857. The highest BCUT2D eigenvalue weighted by atomic mass is 32.1. The van der Waals surface area contributed by atoms with Crippen LogP contribution in [0, 0.1) is 0 Å². The minimum atomic E-state index is -0.109. The summed E-state index contributed by atoms with van der Waals surface area (Å²) in [5, 5.41) is 17.3. The van der Waals surface area contributed by atoms with Crippen molar-refractivity contribution in [3.63, 3.8) is 0 Å². The van der Waals surface area contributed by atoms with Crippen LogP contribution in [0.5, 0.6) is 0 Å². The Morgan fingerprint density at radius 3 is 2.73 bits per heavy atom. The Labute approximate surface area is 155 Å². The highest BCUT2D eigenvalue weighted by molar-refractivity contribution is 7.08. The van der Waals surface area contributed by atoms with E-state index in [1.54, 1.807) is 17.8 Å². The molecular weight excluding hydrogens is 350 g/mol. The third-order valence-corrected chi connectivity index (χ3v) is 4.43. The average molecular weight is 369 g/mol. The lowest BCUT2D eigenvalue weighted by Crippen LogP contribution is -2.27. The first-order chi connectivity index (χ1) is 12.7. The van der Waals surface area contributed by atoms with Gasteiger partial charge in [0.2, 0.25) is 5.91 Å². The fourth-order valence-corrected chi connectivity index (χ4v) is 3.03. The SMILES string of the molecule is O=C(CCCNC(=O)c1ccsc1)NCc1nncn1-c1ccccc1. The summed E-state index contributed by atoms with van der Waals surface area (Å²) in [5.41, 5.74) is 1.59. The zero-order valence-electron chi connectivity index (χ0n) is 14.1. The molecule has 0 saturated heterocycles. The van der Waals surface area contributed by atoms with Crippen LogP contribution in [0.25, 0.3) is 5.69 Å². The van der Waals surface area contributed by atoms with Crippen molar-refractivity contribution < 1.29 is 9.59 Å². The number of nitrogens with one attached hydrogen (secondary N) is 2. The Morgan fingerprint density at radius 2 is 1.96 bits per heavy atom. The molecule has 2 amide bonds. The molecule has 0 saturated carbocycles. The first-order valence-corrected chi connectivity index (χ1v) is 9.20. The van der Waals surface area contributed by atoms with Gasteiger partial charge in [-0.3, -0.25) is 14.2 Å². The van der Waals surface area contributed by atoms with Crippen LogP contribution in [-0.2, 0) is 11.3 Å². The largest absolute Gasteiger partial charge is 0.352 e. The third kappa shape index (κ3) is 4.76. The highest BCUT2D eigenvalue weighted by Gasteiger charge is 2.09. The highest BCUT2D eigenvalue weighted by Crippen LogP contribution is 2.08. The Balaban J connectivity index is 1.40. The molecule has 0 unspecified atom stereocenters. The number of hydrogen-bond donors (Lipinski definition) is 2. The van der Waals surface area contributed by atoms with Crippen molar-refractivity contribution in [3.8, 4) is 5.69 Å². The van der Waals surface area contributed by atoms with E-state index in [0.717, 1.165) is 5.69 Å². The minimum Gasteiger partial charge on any atom is -0.352 e. The van der Waals surface area contributed by atoms with Gasteiger partial charge in [0.05, 0.1) is 6.54 Å². The van der Waals surface area contributed by atoms with Gasteiger partial charge >= 0.3 is 0 Å². The molecule has 0 atom stereocenters. The molecule has 0 spiro atoms. The van der Waals surface area contributed by atoms with Crippen LogP contribution in [0.4, 0.5) is 0 Å². The number of para-hydroxylation sites is 1. The zero-order chi connectivity index (χ0) is 18.2. The van der Waals surface area contributed by atoms with Gasteiger partial charge in [-0.25, -0.2) is 0 Å². The third-order valence-electron chi connectivity index (χ3n) is 3.75. The van der Waals surface area contributed by atoms with E-state index < -0.39 is 0 Å². The second kappa shape index (κ2) is 8.91. The molecule has 0 fully saturated rings. The maximum absolute atomic E-state index is 12.0. The number of nitrogens with zero attached hydrogens (tertiary/aromatic N) is 3. The van der Waals surface area contributed by atoms with Crippen LogP contribution < -0.4 is 10.6 Å². The summed E-state index contributed by atoms with van der Waals surface area (Å²) in [7, 11) is 0. The molecule has 3 aromatic rings. The summed E-state index contributed by atoms with van der Waals surface area (Å²) >= 11 is 1.48. The van der Waals surface area contributed by atoms with Crippen molar-refractivity contribution in [2.75, 3.05) is 6.54 Å². The topological polar surface area (TPSA) is 88.9 Å². The lowest BCUT2D eigenvalue weighted by Gasteiger charge is -2.08. The first-order valence-electron chi connectivity index (χ1n) is 8.25. The quantitative estimate of drug-likeness (QED) is 0.596. The fourth-order valence-electron chi connectivity index (χ4n) is 2.40. The number of thiophene rings is 1. The van der Waals surface area contributed by atoms with Gasteiger partial charge in [-0.15, -0.1) is 10.2 Å². The molecule has 134 valence electrons. The van der Waals surface area contributed by atoms with Gasteiger partial charge < -0.3 is 10.6 Å². The van der Waals surface area contributed by atoms with Crippen LogP contribution in [0.15, 0.2) is 53.5 Å². The molecule has 7 nitrogen and oxygen atoms in total. The van der Waals surface area contributed by atoms with E-state index in [9.17, 15) is 9.59 Å². The van der Waals surface area contributed by atoms with E-state index in [4.69, 9.17) is 0 Å². The van der Waals surface area contributed by atoms with Crippen LogP contribution in [-0.4, -0.2) is 33.1 Å². The van der Waals surface area contributed by atoms with Crippen molar-refractivity contribution in [2.24, 2.45) is 0 Å². The normalized spacial score (nSPS) is 10.5. The van der Waals surface area contributed by atoms with Crippen LogP contribution in [0.3, 0.4) is 0 Å². The van der Waals surface area contributed by atoms with Gasteiger partial charge in [0, 0.05) is 29.6 Å². The van der Waals surface area contributed by atoms with Crippen LogP contribution >= 0.6 is 11.3 Å². The number of hydrogen-bond acceptors (Lipinski definition) is 5. The zero-order valence-corrected chi connectivity index (χ0v) is 14.9. The molecule has 2 N–H and O–H groups in total. The van der Waals surface area contributed by atoms with Gasteiger partial charge in [-0.1, -0.05) is 18.2 Å². The van der Waals surface area contributed by atoms with Crippen molar-refractivity contribution in [2.45, 2.75) is 19.4 Å². The molecule has 26 heavy (non-hydrogen) atoms. The monoisotopic (exact) mass is 369 g/mol. The first kappa shape index (κ1) is 17.8. The summed E-state index contributed by atoms with van der Waals surface area (Å²) < 4.78 is 1.83. The lowest BCUT2D eigenvalue weighted by atomic mass is 10.2. The number of carbonyl (C=O) groups excluding carboxylic acids is 2. The predicted octanol–water partition coefficient (Wildman–Crippen LogP) is 2.16. The number of amides is 2. The lowest BCUT2D eigenvalue weighted by molar-refractivity contribution is -0.121. The summed E-state index contributed by atoms with van der Waals surface area (Å²) in [6.45, 7) is 0.761. The molecule has 3 rings (SSSR count). The number of rotatable bonds is 8. The molecule has 2 heterocycles. The number of aromatic nitrogens is 3. The van der Waals surface area contributed by atoms with Crippen molar-refractivity contribution in [1.82, 2.24) is 25.4 Å². The van der Waals surface area contributed by atoms with E-state index in [1.165, 1.54) is 11.3 Å². The maximum Gasteiger partial charge on any atom is 0.252 e.